The third-order valence-electron chi connectivity index (χ3n) is 2.39. The Kier molecular flexibility index (Phi) is 3.54. The lowest BCUT2D eigenvalue weighted by Gasteiger charge is -2.08. The summed E-state index contributed by atoms with van der Waals surface area (Å²) in [5.41, 5.74) is 0.344. The van der Waals surface area contributed by atoms with Gasteiger partial charge in [-0.25, -0.2) is 9.37 Å². The van der Waals surface area contributed by atoms with Gasteiger partial charge in [0, 0.05) is 12.1 Å². The van der Waals surface area contributed by atoms with Crippen LogP contribution in [0.15, 0.2) is 24.4 Å². The Balaban J connectivity index is 2.12. The summed E-state index contributed by atoms with van der Waals surface area (Å²) in [5.74, 6) is 0.365. The van der Waals surface area contributed by atoms with E-state index in [0.717, 1.165) is 5.82 Å². The number of halogens is 3. The second-order valence-electron chi connectivity index (χ2n) is 3.53. The van der Waals surface area contributed by atoms with E-state index in [1.807, 2.05) is 0 Å². The number of hydrogen-bond donors (Lipinski definition) is 1. The van der Waals surface area contributed by atoms with Gasteiger partial charge < -0.3 is 9.88 Å². The molecular formula is C11H10Cl2FN3. The third kappa shape index (κ3) is 2.70. The molecule has 0 aliphatic rings. The van der Waals surface area contributed by atoms with E-state index >= 15 is 0 Å². The molecule has 0 saturated heterocycles. The summed E-state index contributed by atoms with van der Waals surface area (Å²) in [7, 11) is 1.79. The summed E-state index contributed by atoms with van der Waals surface area (Å²) in [5, 5.41) is 3.94. The van der Waals surface area contributed by atoms with Gasteiger partial charge in [-0.2, -0.15) is 0 Å². The Labute approximate surface area is 108 Å². The van der Waals surface area contributed by atoms with E-state index in [1.54, 1.807) is 17.8 Å². The minimum Gasteiger partial charge on any atom is -0.375 e. The molecule has 1 heterocycles. The minimum absolute atomic E-state index is 0.344. The van der Waals surface area contributed by atoms with Crippen molar-refractivity contribution in [2.24, 2.45) is 7.05 Å². The molecule has 2 aromatic rings. The second kappa shape index (κ2) is 4.94. The van der Waals surface area contributed by atoms with Gasteiger partial charge in [0.15, 0.2) is 0 Å². The van der Waals surface area contributed by atoms with Crippen LogP contribution in [0, 0.1) is 5.82 Å². The molecule has 0 unspecified atom stereocenters. The highest BCUT2D eigenvalue weighted by molar-refractivity contribution is 6.30. The van der Waals surface area contributed by atoms with Crippen LogP contribution < -0.4 is 5.32 Å². The van der Waals surface area contributed by atoms with Crippen LogP contribution >= 0.6 is 23.2 Å². The van der Waals surface area contributed by atoms with Crippen LogP contribution in [0.1, 0.15) is 5.82 Å². The molecular weight excluding hydrogens is 264 g/mol. The molecule has 0 radical (unpaired) electrons. The Bertz CT molecular complexity index is 540. The number of rotatable bonds is 3. The zero-order valence-corrected chi connectivity index (χ0v) is 10.6. The van der Waals surface area contributed by atoms with Crippen LogP contribution in [0.25, 0.3) is 0 Å². The normalized spacial score (nSPS) is 10.6. The SMILES string of the molecule is Cn1c(Cl)cnc1CNc1cc(Cl)ccc1F. The number of anilines is 1. The number of nitrogens with one attached hydrogen (secondary N) is 1. The minimum atomic E-state index is -0.352. The summed E-state index contributed by atoms with van der Waals surface area (Å²) in [4.78, 5) is 4.10. The molecule has 0 spiro atoms. The van der Waals surface area contributed by atoms with Crippen molar-refractivity contribution in [2.45, 2.75) is 6.54 Å². The lowest BCUT2D eigenvalue weighted by Crippen LogP contribution is -2.07. The van der Waals surface area contributed by atoms with Crippen LogP contribution in [0.4, 0.5) is 10.1 Å². The highest BCUT2D eigenvalue weighted by atomic mass is 35.5. The van der Waals surface area contributed by atoms with Crippen molar-refractivity contribution in [1.29, 1.82) is 0 Å². The molecule has 0 atom stereocenters. The molecule has 0 bridgehead atoms. The maximum atomic E-state index is 13.4. The van der Waals surface area contributed by atoms with Crippen LogP contribution in [0.5, 0.6) is 0 Å². The van der Waals surface area contributed by atoms with Crippen molar-refractivity contribution in [3.8, 4) is 0 Å². The predicted octanol–water partition coefficient (Wildman–Crippen LogP) is 3.48. The zero-order chi connectivity index (χ0) is 12.4. The first-order valence-corrected chi connectivity index (χ1v) is 5.68. The summed E-state index contributed by atoms with van der Waals surface area (Å²) < 4.78 is 15.1. The van der Waals surface area contributed by atoms with E-state index in [2.05, 4.69) is 10.3 Å². The Morgan fingerprint density at radius 2 is 2.18 bits per heavy atom. The van der Waals surface area contributed by atoms with E-state index in [-0.39, 0.29) is 5.82 Å². The first-order valence-electron chi connectivity index (χ1n) is 4.93. The first kappa shape index (κ1) is 12.2. The molecule has 3 nitrogen and oxygen atoms in total. The largest absolute Gasteiger partial charge is 0.375 e. The van der Waals surface area contributed by atoms with Crippen LogP contribution in [0.2, 0.25) is 10.2 Å². The van der Waals surface area contributed by atoms with Crippen molar-refractivity contribution in [3.05, 3.63) is 46.2 Å². The fraction of sp³-hybridized carbons (Fsp3) is 0.182. The van der Waals surface area contributed by atoms with E-state index in [9.17, 15) is 4.39 Å². The Morgan fingerprint density at radius 1 is 1.41 bits per heavy atom. The van der Waals surface area contributed by atoms with Crippen LogP contribution in [-0.4, -0.2) is 9.55 Å². The van der Waals surface area contributed by atoms with Gasteiger partial charge in [-0.3, -0.25) is 0 Å². The predicted molar refractivity (Wildman–Crippen MR) is 67.0 cm³/mol. The Morgan fingerprint density at radius 3 is 2.82 bits per heavy atom. The molecule has 2 rings (SSSR count). The van der Waals surface area contributed by atoms with Crippen molar-refractivity contribution in [3.63, 3.8) is 0 Å². The summed E-state index contributed by atoms with van der Waals surface area (Å²) in [6.45, 7) is 0.375. The monoisotopic (exact) mass is 273 g/mol. The smallest absolute Gasteiger partial charge is 0.146 e. The van der Waals surface area contributed by atoms with Gasteiger partial charge in [0.2, 0.25) is 0 Å². The zero-order valence-electron chi connectivity index (χ0n) is 9.04. The van der Waals surface area contributed by atoms with Crippen molar-refractivity contribution in [1.82, 2.24) is 9.55 Å². The lowest BCUT2D eigenvalue weighted by molar-refractivity contribution is 0.629. The summed E-state index contributed by atoms with van der Waals surface area (Å²) in [6.07, 6.45) is 1.55. The van der Waals surface area contributed by atoms with Gasteiger partial charge in [-0.15, -0.1) is 0 Å². The molecule has 90 valence electrons. The standard InChI is InChI=1S/C11H10Cl2FN3/c1-17-10(13)5-16-11(17)6-15-9-4-7(12)2-3-8(9)14/h2-5,15H,6H2,1H3. The van der Waals surface area contributed by atoms with Gasteiger partial charge >= 0.3 is 0 Å². The van der Waals surface area contributed by atoms with E-state index in [0.29, 0.717) is 22.4 Å². The molecule has 1 aromatic carbocycles. The van der Waals surface area contributed by atoms with Crippen LogP contribution in [-0.2, 0) is 13.6 Å². The maximum Gasteiger partial charge on any atom is 0.146 e. The Hall–Kier alpha value is -1.26. The van der Waals surface area contributed by atoms with Gasteiger partial charge in [-0.05, 0) is 18.2 Å². The van der Waals surface area contributed by atoms with E-state index in [4.69, 9.17) is 23.2 Å². The molecule has 0 amide bonds. The molecule has 0 aliphatic carbocycles. The molecule has 1 aromatic heterocycles. The van der Waals surface area contributed by atoms with E-state index in [1.165, 1.54) is 18.2 Å². The fourth-order valence-electron chi connectivity index (χ4n) is 1.40. The highest BCUT2D eigenvalue weighted by Crippen LogP contribution is 2.20. The number of nitrogens with zero attached hydrogens (tertiary/aromatic N) is 2. The first-order chi connectivity index (χ1) is 8.08. The fourth-order valence-corrected chi connectivity index (χ4v) is 1.71. The number of aromatic nitrogens is 2. The molecule has 1 N–H and O–H groups in total. The van der Waals surface area contributed by atoms with E-state index < -0.39 is 0 Å². The summed E-state index contributed by atoms with van der Waals surface area (Å²) >= 11 is 11.6. The van der Waals surface area contributed by atoms with Crippen molar-refractivity contribution < 1.29 is 4.39 Å². The molecule has 0 fully saturated rings. The maximum absolute atomic E-state index is 13.4. The molecule has 0 aliphatic heterocycles. The second-order valence-corrected chi connectivity index (χ2v) is 4.36. The average molecular weight is 274 g/mol. The lowest BCUT2D eigenvalue weighted by atomic mass is 10.3. The number of hydrogen-bond acceptors (Lipinski definition) is 2. The van der Waals surface area contributed by atoms with Gasteiger partial charge in [-0.1, -0.05) is 23.2 Å². The van der Waals surface area contributed by atoms with Crippen LogP contribution in [0.3, 0.4) is 0 Å². The highest BCUT2D eigenvalue weighted by Gasteiger charge is 2.06. The van der Waals surface area contributed by atoms with Crippen molar-refractivity contribution >= 4 is 28.9 Å². The molecule has 6 heteroatoms. The van der Waals surface area contributed by atoms with Gasteiger partial charge in [0.05, 0.1) is 18.4 Å². The quantitative estimate of drug-likeness (QED) is 0.928. The van der Waals surface area contributed by atoms with Crippen molar-refractivity contribution in [2.75, 3.05) is 5.32 Å². The average Bonchev–Trinajstić information content (AvgIpc) is 2.62. The van der Waals surface area contributed by atoms with Gasteiger partial charge in [0.1, 0.15) is 16.8 Å². The number of imidazole rings is 1. The number of benzene rings is 1. The van der Waals surface area contributed by atoms with Gasteiger partial charge in [0.25, 0.3) is 0 Å². The summed E-state index contributed by atoms with van der Waals surface area (Å²) in [6, 6.07) is 4.34. The molecule has 0 saturated carbocycles. The molecule has 17 heavy (non-hydrogen) atoms. The third-order valence-corrected chi connectivity index (χ3v) is 2.98. The topological polar surface area (TPSA) is 29.9 Å².